The fourth-order valence-electron chi connectivity index (χ4n) is 13.7. The van der Waals surface area contributed by atoms with Gasteiger partial charge in [-0.1, -0.05) is 196 Å². The maximum Gasteiger partial charge on any atom is 0.143 e. The Kier molecular flexibility index (Phi) is 8.16. The second-order valence-corrected chi connectivity index (χ2v) is 20.7. The largest absolute Gasteiger partial charge is 0.455 e. The van der Waals surface area contributed by atoms with E-state index in [9.17, 15) is 0 Å². The molecule has 0 saturated heterocycles. The highest BCUT2D eigenvalue weighted by Gasteiger charge is 2.53. The molecule has 0 N–H and O–H groups in total. The summed E-state index contributed by atoms with van der Waals surface area (Å²) in [6.07, 6.45) is 0. The van der Waals surface area contributed by atoms with Crippen LogP contribution >= 0.6 is 0 Å². The molecule has 2 heterocycles. The zero-order chi connectivity index (χ0) is 48.2. The molecule has 1 spiro atoms. The Bertz CT molecular complexity index is 4470. The Hall–Kier alpha value is -9.18. The van der Waals surface area contributed by atoms with Crippen molar-refractivity contribution in [2.75, 3.05) is 4.90 Å². The van der Waals surface area contributed by atoms with Gasteiger partial charge in [0.15, 0.2) is 0 Å². The summed E-state index contributed by atoms with van der Waals surface area (Å²) in [7, 11) is 0. The van der Waals surface area contributed by atoms with Gasteiger partial charge in [0.2, 0.25) is 0 Å². The Balaban J connectivity index is 0.913. The predicted molar refractivity (Wildman–Crippen MR) is 302 cm³/mol. The lowest BCUT2D eigenvalue weighted by atomic mass is 9.70. The molecule has 1 atom stereocenters. The summed E-state index contributed by atoms with van der Waals surface area (Å²) >= 11 is 0. The van der Waals surface area contributed by atoms with E-state index in [4.69, 9.17) is 4.42 Å². The van der Waals surface area contributed by atoms with Crippen LogP contribution in [0, 0.1) is 0 Å². The maximum absolute atomic E-state index is 6.85. The average Bonchev–Trinajstić information content (AvgIpc) is 4.31. The van der Waals surface area contributed by atoms with Crippen LogP contribution in [0.1, 0.15) is 47.2 Å². The SMILES string of the molecule is CC1(C)c2ccccc2-c2ccc(N(c3ccc(-c4ccccc4)cc3)c3ccc4c(c3)c3ccccc3n4-c3cccc4c3-c3ccccc3C43c4ccccc4-c4c3ccc3c4oc4ccccc43)cc21. The molecule has 11 aromatic carbocycles. The molecule has 2 aromatic heterocycles. The highest BCUT2D eigenvalue weighted by atomic mass is 16.3. The number of fused-ring (bicyclic) bond motifs is 20. The Morgan fingerprint density at radius 1 is 0.356 bits per heavy atom. The summed E-state index contributed by atoms with van der Waals surface area (Å²) in [5, 5.41) is 4.72. The summed E-state index contributed by atoms with van der Waals surface area (Å²) in [5.41, 5.74) is 25.9. The molecular formula is C70H46N2O. The molecule has 1 unspecified atom stereocenters. The first kappa shape index (κ1) is 40.5. The van der Waals surface area contributed by atoms with Crippen LogP contribution in [-0.2, 0) is 10.8 Å². The standard InChI is InChI=1S/C70H46N2O/c1-69(2)56-24-11-6-19-48(56)49-37-35-47(42-61(49)69)71(45-33-31-44(32-34-45)43-17-4-3-5-18-43)46-36-40-63-55(41-46)50-20-9-14-28-62(50)72(63)64-29-16-27-59-66(64)53-22-7-12-25-57(53)70(59)58-26-13-8-23-54(58)67-60(70)39-38-52-51-21-10-15-30-65(51)73-68(52)67/h3-42H,1-2H3. The molecular weight excluding hydrogens is 885 g/mol. The van der Waals surface area contributed by atoms with Gasteiger partial charge >= 0.3 is 0 Å². The van der Waals surface area contributed by atoms with Gasteiger partial charge in [-0.2, -0.15) is 0 Å². The van der Waals surface area contributed by atoms with Crippen LogP contribution in [0.3, 0.4) is 0 Å². The maximum atomic E-state index is 6.85. The van der Waals surface area contributed by atoms with Crippen LogP contribution in [0.4, 0.5) is 17.1 Å². The third-order valence-corrected chi connectivity index (χ3v) is 16.8. The lowest BCUT2D eigenvalue weighted by molar-refractivity contribution is 0.660. The van der Waals surface area contributed by atoms with Crippen LogP contribution in [0.5, 0.6) is 0 Å². The Morgan fingerprint density at radius 3 is 1.74 bits per heavy atom. The number of hydrogen-bond donors (Lipinski definition) is 0. The summed E-state index contributed by atoms with van der Waals surface area (Å²) in [6, 6.07) is 90.1. The van der Waals surface area contributed by atoms with E-state index in [0.29, 0.717) is 0 Å². The molecule has 342 valence electrons. The molecule has 3 heteroatoms. The number of para-hydroxylation sites is 2. The fourth-order valence-corrected chi connectivity index (χ4v) is 13.7. The highest BCUT2D eigenvalue weighted by molar-refractivity contribution is 6.15. The number of nitrogens with zero attached hydrogens (tertiary/aromatic N) is 2. The highest BCUT2D eigenvalue weighted by Crippen LogP contribution is 2.65. The summed E-state index contributed by atoms with van der Waals surface area (Å²) in [4.78, 5) is 2.45. The van der Waals surface area contributed by atoms with Gasteiger partial charge in [-0.15, -0.1) is 0 Å². The smallest absolute Gasteiger partial charge is 0.143 e. The van der Waals surface area contributed by atoms with E-state index in [0.717, 1.165) is 44.5 Å². The molecule has 16 rings (SSSR count). The van der Waals surface area contributed by atoms with Crippen molar-refractivity contribution >= 4 is 60.8 Å². The number of hydrogen-bond acceptors (Lipinski definition) is 2. The molecule has 13 aromatic rings. The number of benzene rings is 11. The predicted octanol–water partition coefficient (Wildman–Crippen LogP) is 18.5. The minimum atomic E-state index is -0.546. The van der Waals surface area contributed by atoms with Gasteiger partial charge in [0.05, 0.1) is 22.1 Å². The van der Waals surface area contributed by atoms with Crippen molar-refractivity contribution in [3.63, 3.8) is 0 Å². The second kappa shape index (κ2) is 14.7. The molecule has 0 fully saturated rings. The van der Waals surface area contributed by atoms with E-state index in [1.54, 1.807) is 0 Å². The van der Waals surface area contributed by atoms with Crippen LogP contribution in [0.15, 0.2) is 247 Å². The van der Waals surface area contributed by atoms with E-state index in [1.807, 2.05) is 0 Å². The van der Waals surface area contributed by atoms with E-state index in [1.165, 1.54) is 99.9 Å². The lowest BCUT2D eigenvalue weighted by Gasteiger charge is -2.30. The zero-order valence-electron chi connectivity index (χ0n) is 40.4. The number of rotatable bonds is 5. The zero-order valence-corrected chi connectivity index (χ0v) is 40.4. The molecule has 0 radical (unpaired) electrons. The molecule has 0 amide bonds. The first-order valence-electron chi connectivity index (χ1n) is 25.5. The molecule has 3 aliphatic carbocycles. The number of aromatic nitrogens is 1. The molecule has 0 aliphatic heterocycles. The van der Waals surface area contributed by atoms with Crippen molar-refractivity contribution in [3.8, 4) is 50.2 Å². The van der Waals surface area contributed by atoms with Crippen molar-refractivity contribution < 1.29 is 4.42 Å². The first-order valence-corrected chi connectivity index (χ1v) is 25.5. The average molecular weight is 931 g/mol. The van der Waals surface area contributed by atoms with Gasteiger partial charge in [0, 0.05) is 55.1 Å². The summed E-state index contributed by atoms with van der Waals surface area (Å²) < 4.78 is 9.38. The van der Waals surface area contributed by atoms with Crippen LogP contribution in [-0.4, -0.2) is 4.57 Å². The van der Waals surface area contributed by atoms with Gasteiger partial charge in [0.1, 0.15) is 11.2 Å². The Labute approximate surface area is 423 Å². The van der Waals surface area contributed by atoms with Crippen molar-refractivity contribution in [3.05, 3.63) is 276 Å². The molecule has 3 nitrogen and oxygen atoms in total. The van der Waals surface area contributed by atoms with E-state index in [-0.39, 0.29) is 5.41 Å². The topological polar surface area (TPSA) is 21.3 Å². The van der Waals surface area contributed by atoms with Gasteiger partial charge in [0.25, 0.3) is 0 Å². The molecule has 3 aliphatic rings. The number of anilines is 3. The minimum absolute atomic E-state index is 0.141. The van der Waals surface area contributed by atoms with Crippen molar-refractivity contribution in [2.45, 2.75) is 24.7 Å². The number of furan rings is 1. The van der Waals surface area contributed by atoms with Crippen LogP contribution in [0.25, 0.3) is 93.9 Å². The van der Waals surface area contributed by atoms with Gasteiger partial charge in [-0.05, 0) is 127 Å². The lowest BCUT2D eigenvalue weighted by Crippen LogP contribution is -2.25. The Morgan fingerprint density at radius 2 is 0.932 bits per heavy atom. The summed E-state index contributed by atoms with van der Waals surface area (Å²) in [6.45, 7) is 4.73. The van der Waals surface area contributed by atoms with Gasteiger partial charge in [-0.25, -0.2) is 0 Å². The quantitative estimate of drug-likeness (QED) is 0.171. The van der Waals surface area contributed by atoms with E-state index >= 15 is 0 Å². The van der Waals surface area contributed by atoms with Crippen LogP contribution < -0.4 is 4.90 Å². The molecule has 0 bridgehead atoms. The summed E-state index contributed by atoms with van der Waals surface area (Å²) in [5.74, 6) is 0. The van der Waals surface area contributed by atoms with Gasteiger partial charge < -0.3 is 13.9 Å². The second-order valence-electron chi connectivity index (χ2n) is 20.7. The van der Waals surface area contributed by atoms with E-state index in [2.05, 4.69) is 266 Å². The molecule has 0 saturated carbocycles. The normalized spacial score (nSPS) is 15.4. The van der Waals surface area contributed by atoms with E-state index < -0.39 is 5.41 Å². The van der Waals surface area contributed by atoms with Crippen molar-refractivity contribution in [1.82, 2.24) is 4.57 Å². The first-order chi connectivity index (χ1) is 36.0. The third-order valence-electron chi connectivity index (χ3n) is 16.8. The third kappa shape index (κ3) is 5.33. The van der Waals surface area contributed by atoms with Crippen LogP contribution in [0.2, 0.25) is 0 Å². The molecule has 73 heavy (non-hydrogen) atoms. The van der Waals surface area contributed by atoms with Crippen molar-refractivity contribution in [1.29, 1.82) is 0 Å². The van der Waals surface area contributed by atoms with Gasteiger partial charge in [-0.3, -0.25) is 0 Å². The monoisotopic (exact) mass is 930 g/mol. The van der Waals surface area contributed by atoms with Crippen molar-refractivity contribution in [2.24, 2.45) is 0 Å². The minimum Gasteiger partial charge on any atom is -0.455 e. The fraction of sp³-hybridized carbons (Fsp3) is 0.0571.